The summed E-state index contributed by atoms with van der Waals surface area (Å²) in [7, 11) is 3.24. The second-order valence-electron chi connectivity index (χ2n) is 6.52. The first kappa shape index (κ1) is 22.5. The van der Waals surface area contributed by atoms with Crippen LogP contribution in [-0.4, -0.2) is 39.9 Å². The molecule has 148 valence electrons. The van der Waals surface area contributed by atoms with Crippen molar-refractivity contribution < 1.29 is 19.0 Å². The lowest BCUT2D eigenvalue weighted by molar-refractivity contribution is -0.126. The summed E-state index contributed by atoms with van der Waals surface area (Å²) in [4.78, 5) is 12.6. The van der Waals surface area contributed by atoms with Crippen LogP contribution in [0.4, 0.5) is 0 Å². The van der Waals surface area contributed by atoms with Gasteiger partial charge in [-0.2, -0.15) is 0 Å². The first-order valence-electron chi connectivity index (χ1n) is 8.90. The van der Waals surface area contributed by atoms with Gasteiger partial charge >= 0.3 is 0 Å². The molecule has 7 heteroatoms. The number of hydrogen-bond donors (Lipinski definition) is 2. The van der Waals surface area contributed by atoms with Gasteiger partial charge in [-0.25, -0.2) is 0 Å². The Balaban J connectivity index is 0.00000338. The van der Waals surface area contributed by atoms with Gasteiger partial charge in [0.25, 0.3) is 0 Å². The molecule has 1 aliphatic carbocycles. The Hall–Kier alpha value is -1.50. The minimum absolute atomic E-state index is 0. The van der Waals surface area contributed by atoms with E-state index in [0.29, 0.717) is 37.2 Å². The van der Waals surface area contributed by atoms with Crippen LogP contribution in [0.15, 0.2) is 18.2 Å². The first-order valence-corrected chi connectivity index (χ1v) is 8.90. The Labute approximate surface area is 162 Å². The van der Waals surface area contributed by atoms with Gasteiger partial charge in [0.05, 0.1) is 19.8 Å². The smallest absolute Gasteiger partial charge is 0.223 e. The summed E-state index contributed by atoms with van der Waals surface area (Å²) in [5.41, 5.74) is 6.77. The van der Waals surface area contributed by atoms with Crippen molar-refractivity contribution in [2.45, 2.75) is 32.2 Å². The lowest BCUT2D eigenvalue weighted by atomic mass is 9.94. The number of methoxy groups -OCH3 is 2. The highest BCUT2D eigenvalue weighted by Gasteiger charge is 2.32. The van der Waals surface area contributed by atoms with Crippen molar-refractivity contribution in [1.29, 1.82) is 0 Å². The Kier molecular flexibility index (Phi) is 9.76. The molecule has 0 spiro atoms. The van der Waals surface area contributed by atoms with Crippen molar-refractivity contribution in [3.63, 3.8) is 0 Å². The zero-order valence-electron chi connectivity index (χ0n) is 15.8. The van der Waals surface area contributed by atoms with Crippen molar-refractivity contribution in [3.05, 3.63) is 23.8 Å². The van der Waals surface area contributed by atoms with Crippen LogP contribution in [0.25, 0.3) is 0 Å². The average molecular weight is 387 g/mol. The average Bonchev–Trinajstić information content (AvgIpc) is 3.10. The maximum absolute atomic E-state index is 12.6. The van der Waals surface area contributed by atoms with Crippen LogP contribution < -0.4 is 20.5 Å². The van der Waals surface area contributed by atoms with Crippen LogP contribution in [0.5, 0.6) is 11.5 Å². The van der Waals surface area contributed by atoms with E-state index in [1.165, 1.54) is 0 Å². The molecule has 2 rings (SSSR count). The van der Waals surface area contributed by atoms with Crippen molar-refractivity contribution in [1.82, 2.24) is 5.32 Å². The molecule has 26 heavy (non-hydrogen) atoms. The SMILES string of the molecule is COCCOc1ccc(C(C)NC(=O)[C@@H]2CCC[C@@H]2CN)cc1OC.Cl. The number of nitrogens with one attached hydrogen (secondary N) is 1. The molecule has 0 radical (unpaired) electrons. The molecule has 1 aromatic rings. The highest BCUT2D eigenvalue weighted by Crippen LogP contribution is 2.33. The third kappa shape index (κ3) is 5.76. The highest BCUT2D eigenvalue weighted by atomic mass is 35.5. The summed E-state index contributed by atoms with van der Waals surface area (Å²) >= 11 is 0. The molecule has 0 heterocycles. The van der Waals surface area contributed by atoms with E-state index < -0.39 is 0 Å². The van der Waals surface area contributed by atoms with Gasteiger partial charge in [-0.05, 0) is 49.9 Å². The van der Waals surface area contributed by atoms with Gasteiger partial charge in [0.1, 0.15) is 6.61 Å². The maximum Gasteiger partial charge on any atom is 0.223 e. The Morgan fingerprint density at radius 2 is 2.04 bits per heavy atom. The largest absolute Gasteiger partial charge is 0.493 e. The van der Waals surface area contributed by atoms with Gasteiger partial charge in [0.2, 0.25) is 5.91 Å². The van der Waals surface area contributed by atoms with Gasteiger partial charge in [0, 0.05) is 13.0 Å². The molecule has 0 saturated heterocycles. The van der Waals surface area contributed by atoms with E-state index in [2.05, 4.69) is 5.32 Å². The molecular weight excluding hydrogens is 356 g/mol. The summed E-state index contributed by atoms with van der Waals surface area (Å²) in [6, 6.07) is 5.62. The number of carbonyl (C=O) groups excluding carboxylic acids is 1. The Morgan fingerprint density at radius 1 is 1.27 bits per heavy atom. The predicted octanol–water partition coefficient (Wildman–Crippen LogP) is 2.69. The molecule has 1 fully saturated rings. The predicted molar refractivity (Wildman–Crippen MR) is 104 cm³/mol. The summed E-state index contributed by atoms with van der Waals surface area (Å²) in [5.74, 6) is 1.75. The molecule has 0 aliphatic heterocycles. The third-order valence-corrected chi connectivity index (χ3v) is 4.89. The van der Waals surface area contributed by atoms with E-state index in [9.17, 15) is 4.79 Å². The van der Waals surface area contributed by atoms with E-state index in [1.54, 1.807) is 14.2 Å². The number of benzene rings is 1. The molecule has 1 aliphatic rings. The fourth-order valence-electron chi connectivity index (χ4n) is 3.38. The zero-order chi connectivity index (χ0) is 18.2. The monoisotopic (exact) mass is 386 g/mol. The molecule has 0 bridgehead atoms. The Bertz CT molecular complexity index is 570. The van der Waals surface area contributed by atoms with E-state index in [-0.39, 0.29) is 30.3 Å². The van der Waals surface area contributed by atoms with E-state index >= 15 is 0 Å². The van der Waals surface area contributed by atoms with E-state index in [4.69, 9.17) is 19.9 Å². The van der Waals surface area contributed by atoms with Gasteiger partial charge in [-0.1, -0.05) is 12.5 Å². The maximum atomic E-state index is 12.6. The van der Waals surface area contributed by atoms with Crippen LogP contribution in [0.2, 0.25) is 0 Å². The number of hydrogen-bond acceptors (Lipinski definition) is 5. The fraction of sp³-hybridized carbons (Fsp3) is 0.632. The summed E-state index contributed by atoms with van der Waals surface area (Å²) in [6.07, 6.45) is 3.05. The van der Waals surface area contributed by atoms with Crippen molar-refractivity contribution >= 4 is 18.3 Å². The number of ether oxygens (including phenoxy) is 3. The number of carbonyl (C=O) groups is 1. The van der Waals surface area contributed by atoms with Crippen molar-refractivity contribution in [2.75, 3.05) is 34.0 Å². The summed E-state index contributed by atoms with van der Waals surface area (Å²) in [6.45, 7) is 3.53. The Morgan fingerprint density at radius 3 is 2.69 bits per heavy atom. The molecule has 1 amide bonds. The normalized spacial score (nSPS) is 20.2. The van der Waals surface area contributed by atoms with Crippen molar-refractivity contribution in [2.24, 2.45) is 17.6 Å². The number of nitrogens with two attached hydrogens (primary N) is 1. The lowest BCUT2D eigenvalue weighted by Gasteiger charge is -2.22. The topological polar surface area (TPSA) is 82.8 Å². The van der Waals surface area contributed by atoms with Gasteiger partial charge in [0.15, 0.2) is 11.5 Å². The number of amides is 1. The lowest BCUT2D eigenvalue weighted by Crippen LogP contribution is -2.36. The van der Waals surface area contributed by atoms with Crippen LogP contribution in [-0.2, 0) is 9.53 Å². The molecule has 3 N–H and O–H groups in total. The van der Waals surface area contributed by atoms with Gasteiger partial charge < -0.3 is 25.3 Å². The molecule has 6 nitrogen and oxygen atoms in total. The standard InChI is InChI=1S/C19H30N2O4.ClH/c1-13(21-19(22)16-6-4-5-15(16)12-20)14-7-8-17(18(11-14)24-3)25-10-9-23-2;/h7-8,11,13,15-16H,4-6,9-10,12,20H2,1-3H3,(H,21,22);1H/t13?,15-,16-;/m1./s1. The zero-order valence-corrected chi connectivity index (χ0v) is 16.6. The van der Waals surface area contributed by atoms with Crippen LogP contribution in [0.3, 0.4) is 0 Å². The van der Waals surface area contributed by atoms with Gasteiger partial charge in [-0.15, -0.1) is 12.4 Å². The molecule has 3 atom stereocenters. The van der Waals surface area contributed by atoms with Crippen LogP contribution >= 0.6 is 12.4 Å². The summed E-state index contributed by atoms with van der Waals surface area (Å²) in [5, 5.41) is 3.11. The minimum atomic E-state index is -0.103. The third-order valence-electron chi connectivity index (χ3n) is 4.89. The van der Waals surface area contributed by atoms with E-state index in [1.807, 2.05) is 25.1 Å². The molecule has 1 aromatic carbocycles. The summed E-state index contributed by atoms with van der Waals surface area (Å²) < 4.78 is 16.0. The highest BCUT2D eigenvalue weighted by molar-refractivity contribution is 5.85. The quantitative estimate of drug-likeness (QED) is 0.637. The number of halogens is 1. The van der Waals surface area contributed by atoms with E-state index in [0.717, 1.165) is 24.8 Å². The molecule has 1 unspecified atom stereocenters. The second kappa shape index (κ2) is 11.3. The van der Waals surface area contributed by atoms with Crippen LogP contribution in [0, 0.1) is 11.8 Å². The second-order valence-corrected chi connectivity index (χ2v) is 6.52. The molecule has 1 saturated carbocycles. The molecule has 0 aromatic heterocycles. The fourth-order valence-corrected chi connectivity index (χ4v) is 3.38. The van der Waals surface area contributed by atoms with Crippen molar-refractivity contribution in [3.8, 4) is 11.5 Å². The minimum Gasteiger partial charge on any atom is -0.493 e. The molecular formula is C19H31ClN2O4. The number of rotatable bonds is 9. The van der Waals surface area contributed by atoms with Crippen LogP contribution in [0.1, 0.15) is 37.8 Å². The first-order chi connectivity index (χ1) is 12.1. The van der Waals surface area contributed by atoms with Gasteiger partial charge in [-0.3, -0.25) is 4.79 Å².